The summed E-state index contributed by atoms with van der Waals surface area (Å²) in [4.78, 5) is 13.3. The number of aryl methyl sites for hydroxylation is 1. The first-order chi connectivity index (χ1) is 13.1. The second-order valence-corrected chi connectivity index (χ2v) is 6.73. The van der Waals surface area contributed by atoms with Gasteiger partial charge >= 0.3 is 0 Å². The minimum absolute atomic E-state index is 0.117. The Hall–Kier alpha value is -2.90. The van der Waals surface area contributed by atoms with Crippen molar-refractivity contribution in [1.82, 2.24) is 0 Å². The van der Waals surface area contributed by atoms with Gasteiger partial charge in [-0.1, -0.05) is 40.2 Å². The highest BCUT2D eigenvalue weighted by atomic mass is 79.9. The lowest BCUT2D eigenvalue weighted by molar-refractivity contribution is 0.103. The van der Waals surface area contributed by atoms with E-state index in [-0.39, 0.29) is 5.78 Å². The van der Waals surface area contributed by atoms with Gasteiger partial charge in [0.1, 0.15) is 5.75 Å². The molecule has 0 aromatic heterocycles. The molecule has 3 rings (SSSR count). The van der Waals surface area contributed by atoms with E-state index >= 15 is 0 Å². The molecule has 0 atom stereocenters. The summed E-state index contributed by atoms with van der Waals surface area (Å²) in [6.07, 6.45) is 0. The zero-order chi connectivity index (χ0) is 19.4. The van der Waals surface area contributed by atoms with E-state index in [1.54, 1.807) is 43.5 Å². The van der Waals surface area contributed by atoms with Crippen molar-refractivity contribution in [1.29, 1.82) is 5.26 Å². The lowest BCUT2D eigenvalue weighted by atomic mass is 9.88. The van der Waals surface area contributed by atoms with Crippen molar-refractivity contribution in [2.45, 2.75) is 12.3 Å². The number of carbonyl (C=O) groups excluding carboxylic acids is 1. The summed E-state index contributed by atoms with van der Waals surface area (Å²) in [5, 5.41) is 9.99. The number of nitrogens with zero attached hydrogens (tertiary/aromatic N) is 1. The van der Waals surface area contributed by atoms with Crippen LogP contribution in [0.15, 0.2) is 60.7 Å². The van der Waals surface area contributed by atoms with Crippen LogP contribution >= 0.6 is 15.9 Å². The first kappa shape index (κ1) is 18.9. The molecule has 0 heterocycles. The molecule has 3 aromatic carbocycles. The average Bonchev–Trinajstić information content (AvgIpc) is 2.72. The monoisotopic (exact) mass is 419 g/mol. The lowest BCUT2D eigenvalue weighted by Crippen LogP contribution is -2.06. The quantitative estimate of drug-likeness (QED) is 0.395. The molecule has 0 amide bonds. The number of alkyl halides is 1. The molecule has 0 N–H and O–H groups in total. The van der Waals surface area contributed by atoms with E-state index in [1.807, 2.05) is 31.2 Å². The van der Waals surface area contributed by atoms with Gasteiger partial charge in [0.05, 0.1) is 18.7 Å². The molecule has 0 spiro atoms. The van der Waals surface area contributed by atoms with Gasteiger partial charge in [-0.3, -0.25) is 4.79 Å². The fourth-order valence-corrected chi connectivity index (χ4v) is 3.61. The van der Waals surface area contributed by atoms with Gasteiger partial charge in [-0.05, 0) is 65.6 Å². The van der Waals surface area contributed by atoms with Gasteiger partial charge in [0.25, 0.3) is 0 Å². The van der Waals surface area contributed by atoms with Crippen LogP contribution in [0.25, 0.3) is 11.1 Å². The number of benzene rings is 3. The van der Waals surface area contributed by atoms with E-state index in [0.717, 1.165) is 22.3 Å². The van der Waals surface area contributed by atoms with Gasteiger partial charge in [-0.25, -0.2) is 0 Å². The number of hydrogen-bond acceptors (Lipinski definition) is 3. The van der Waals surface area contributed by atoms with E-state index in [1.165, 1.54) is 0 Å². The first-order valence-corrected chi connectivity index (χ1v) is 9.59. The Morgan fingerprint density at radius 1 is 1.11 bits per heavy atom. The smallest absolute Gasteiger partial charge is 0.193 e. The molecule has 0 saturated heterocycles. The standard InChI is InChI=1S/C23H18BrNO2/c1-15-4-3-5-18(13-24)22(15)20-11-6-16(14-25)12-21(20)23(26)17-7-9-19(27-2)10-8-17/h3-12H,13H2,1-2H3. The number of rotatable bonds is 5. The molecule has 0 bridgehead atoms. The van der Waals surface area contributed by atoms with Gasteiger partial charge in [0.15, 0.2) is 5.78 Å². The summed E-state index contributed by atoms with van der Waals surface area (Å²) in [7, 11) is 1.59. The summed E-state index contributed by atoms with van der Waals surface area (Å²) < 4.78 is 5.17. The van der Waals surface area contributed by atoms with Crippen LogP contribution in [0.2, 0.25) is 0 Å². The summed E-state index contributed by atoms with van der Waals surface area (Å²) >= 11 is 3.54. The lowest BCUT2D eigenvalue weighted by Gasteiger charge is -2.15. The van der Waals surface area contributed by atoms with Crippen LogP contribution in [-0.4, -0.2) is 12.9 Å². The van der Waals surface area contributed by atoms with E-state index in [9.17, 15) is 10.1 Å². The second-order valence-electron chi connectivity index (χ2n) is 6.17. The SMILES string of the molecule is COc1ccc(C(=O)c2cc(C#N)ccc2-c2c(C)cccc2CBr)cc1. The molecule has 0 radical (unpaired) electrons. The molecule has 0 aliphatic rings. The minimum Gasteiger partial charge on any atom is -0.497 e. The van der Waals surface area contributed by atoms with Crippen LogP contribution in [0.5, 0.6) is 5.75 Å². The van der Waals surface area contributed by atoms with Crippen molar-refractivity contribution in [3.63, 3.8) is 0 Å². The minimum atomic E-state index is -0.117. The highest BCUT2D eigenvalue weighted by Crippen LogP contribution is 2.33. The molecule has 0 unspecified atom stereocenters. The maximum absolute atomic E-state index is 13.3. The molecule has 134 valence electrons. The summed E-state index contributed by atoms with van der Waals surface area (Å²) in [6.45, 7) is 2.03. The second kappa shape index (κ2) is 8.20. The van der Waals surface area contributed by atoms with E-state index in [0.29, 0.717) is 27.8 Å². The van der Waals surface area contributed by atoms with Crippen LogP contribution < -0.4 is 4.74 Å². The normalized spacial score (nSPS) is 10.3. The van der Waals surface area contributed by atoms with Crippen molar-refractivity contribution >= 4 is 21.7 Å². The molecule has 0 saturated carbocycles. The largest absolute Gasteiger partial charge is 0.497 e. The fraction of sp³-hybridized carbons (Fsp3) is 0.130. The Morgan fingerprint density at radius 2 is 1.85 bits per heavy atom. The molecule has 3 aromatic rings. The summed E-state index contributed by atoms with van der Waals surface area (Å²) in [6, 6.07) is 20.5. The Labute approximate surface area is 167 Å². The number of carbonyl (C=O) groups is 1. The highest BCUT2D eigenvalue weighted by Gasteiger charge is 2.19. The predicted molar refractivity (Wildman–Crippen MR) is 110 cm³/mol. The summed E-state index contributed by atoms with van der Waals surface area (Å²) in [5.41, 5.74) is 5.59. The Balaban J connectivity index is 2.20. The molecule has 3 nitrogen and oxygen atoms in total. The third-order valence-corrected chi connectivity index (χ3v) is 5.12. The van der Waals surface area contributed by atoms with Crippen LogP contribution in [-0.2, 0) is 5.33 Å². The molecule has 0 aliphatic carbocycles. The van der Waals surface area contributed by atoms with Gasteiger partial charge in [-0.15, -0.1) is 0 Å². The first-order valence-electron chi connectivity index (χ1n) is 8.46. The van der Waals surface area contributed by atoms with Crippen LogP contribution in [0.3, 0.4) is 0 Å². The van der Waals surface area contributed by atoms with Crippen LogP contribution in [0.1, 0.15) is 32.6 Å². The third kappa shape index (κ3) is 3.79. The molecular formula is C23H18BrNO2. The van der Waals surface area contributed by atoms with Crippen molar-refractivity contribution in [2.75, 3.05) is 7.11 Å². The van der Waals surface area contributed by atoms with E-state index < -0.39 is 0 Å². The number of methoxy groups -OCH3 is 1. The zero-order valence-corrected chi connectivity index (χ0v) is 16.7. The topological polar surface area (TPSA) is 50.1 Å². The van der Waals surface area contributed by atoms with Crippen molar-refractivity contribution in [3.05, 3.63) is 88.5 Å². The highest BCUT2D eigenvalue weighted by molar-refractivity contribution is 9.08. The Kier molecular flexibility index (Phi) is 5.73. The third-order valence-electron chi connectivity index (χ3n) is 4.52. The molecule has 0 fully saturated rings. The zero-order valence-electron chi connectivity index (χ0n) is 15.1. The van der Waals surface area contributed by atoms with Crippen molar-refractivity contribution < 1.29 is 9.53 Å². The number of ether oxygens (including phenoxy) is 1. The van der Waals surface area contributed by atoms with Crippen LogP contribution in [0, 0.1) is 18.3 Å². The van der Waals surface area contributed by atoms with Gasteiger partial charge in [0.2, 0.25) is 0 Å². The number of ketones is 1. The summed E-state index contributed by atoms with van der Waals surface area (Å²) in [5.74, 6) is 0.576. The number of hydrogen-bond donors (Lipinski definition) is 0. The number of halogens is 1. The number of nitriles is 1. The molecular weight excluding hydrogens is 402 g/mol. The van der Waals surface area contributed by atoms with Gasteiger partial charge in [0, 0.05) is 16.5 Å². The van der Waals surface area contributed by atoms with Crippen molar-refractivity contribution in [2.24, 2.45) is 0 Å². The maximum Gasteiger partial charge on any atom is 0.193 e. The van der Waals surface area contributed by atoms with E-state index in [4.69, 9.17) is 4.74 Å². The van der Waals surface area contributed by atoms with Crippen LogP contribution in [0.4, 0.5) is 0 Å². The predicted octanol–water partition coefficient (Wildman–Crippen LogP) is 5.67. The maximum atomic E-state index is 13.3. The van der Waals surface area contributed by atoms with Crippen molar-refractivity contribution in [3.8, 4) is 22.9 Å². The Morgan fingerprint density at radius 3 is 2.48 bits per heavy atom. The fourth-order valence-electron chi connectivity index (χ4n) is 3.14. The molecule has 27 heavy (non-hydrogen) atoms. The van der Waals surface area contributed by atoms with E-state index in [2.05, 4.69) is 22.0 Å². The molecule has 0 aliphatic heterocycles. The van der Waals surface area contributed by atoms with Gasteiger partial charge in [-0.2, -0.15) is 5.26 Å². The average molecular weight is 420 g/mol. The van der Waals surface area contributed by atoms with Gasteiger partial charge < -0.3 is 4.74 Å². The Bertz CT molecular complexity index is 1030. The molecule has 4 heteroatoms.